The fourth-order valence-electron chi connectivity index (χ4n) is 2.55. The summed E-state index contributed by atoms with van der Waals surface area (Å²) in [5.74, 6) is 0.749. The van der Waals surface area contributed by atoms with Crippen LogP contribution < -0.4 is 0 Å². The Balaban J connectivity index is 1.95. The third-order valence-corrected chi connectivity index (χ3v) is 5.00. The van der Waals surface area contributed by atoms with E-state index in [1.807, 2.05) is 73.0 Å². The number of hydrogen-bond acceptors (Lipinski definition) is 5. The van der Waals surface area contributed by atoms with Crippen molar-refractivity contribution in [2.24, 2.45) is 0 Å². The van der Waals surface area contributed by atoms with Crippen molar-refractivity contribution < 1.29 is 4.92 Å². The molecule has 1 aromatic heterocycles. The minimum atomic E-state index is -0.330. The van der Waals surface area contributed by atoms with Gasteiger partial charge in [-0.1, -0.05) is 59.8 Å². The molecule has 0 N–H and O–H groups in total. The van der Waals surface area contributed by atoms with Crippen molar-refractivity contribution >= 4 is 11.8 Å². The number of hydrogen-bond donors (Lipinski definition) is 0. The molecule has 7 heteroatoms. The van der Waals surface area contributed by atoms with Crippen molar-refractivity contribution in [3.63, 3.8) is 0 Å². The number of thioether (sulfide) groups is 1. The van der Waals surface area contributed by atoms with Gasteiger partial charge in [0.15, 0.2) is 5.16 Å². The number of aromatic nitrogens is 3. The molecule has 0 bridgehead atoms. The molecule has 0 saturated heterocycles. The lowest BCUT2D eigenvalue weighted by atomic mass is 10.1. The van der Waals surface area contributed by atoms with Gasteiger partial charge < -0.3 is 0 Å². The monoisotopic (exact) mass is 354 g/mol. The van der Waals surface area contributed by atoms with Gasteiger partial charge in [-0.3, -0.25) is 14.7 Å². The quantitative estimate of drug-likeness (QED) is 0.380. The molecule has 0 spiro atoms. The smallest absolute Gasteiger partial charge is 0.220 e. The SMILES string of the molecule is Cc1ccc(-n2c(C)nnc2S[C@H](C[N+](=O)[O-])c2ccccc2)cc1. The first kappa shape index (κ1) is 17.2. The normalized spacial score (nSPS) is 12.1. The molecule has 0 aliphatic heterocycles. The number of nitrogens with zero attached hydrogens (tertiary/aromatic N) is 4. The highest BCUT2D eigenvalue weighted by molar-refractivity contribution is 7.99. The minimum Gasteiger partial charge on any atom is -0.274 e. The number of nitro groups is 1. The third-order valence-electron chi connectivity index (χ3n) is 3.82. The van der Waals surface area contributed by atoms with Crippen molar-refractivity contribution in [3.8, 4) is 5.69 Å². The number of benzene rings is 2. The van der Waals surface area contributed by atoms with Crippen molar-refractivity contribution in [3.05, 3.63) is 81.7 Å². The molecule has 0 aliphatic rings. The van der Waals surface area contributed by atoms with Crippen LogP contribution >= 0.6 is 11.8 Å². The summed E-state index contributed by atoms with van der Waals surface area (Å²) >= 11 is 1.36. The third kappa shape index (κ3) is 4.06. The summed E-state index contributed by atoms with van der Waals surface area (Å²) in [6, 6.07) is 17.5. The summed E-state index contributed by atoms with van der Waals surface area (Å²) in [5, 5.41) is 19.8. The standard InChI is InChI=1S/C18H18N4O2S/c1-13-8-10-16(11-9-13)22-14(2)19-20-18(22)25-17(12-21(23)24)15-6-4-3-5-7-15/h3-11,17H,12H2,1-2H3/t17-/m1/s1. The largest absolute Gasteiger partial charge is 0.274 e. The van der Waals surface area contributed by atoms with E-state index >= 15 is 0 Å². The Morgan fingerprint density at radius 3 is 2.40 bits per heavy atom. The number of rotatable bonds is 6. The molecule has 25 heavy (non-hydrogen) atoms. The first-order chi connectivity index (χ1) is 12.0. The second-order valence-corrected chi connectivity index (χ2v) is 6.90. The predicted molar refractivity (Wildman–Crippen MR) is 97.7 cm³/mol. The average Bonchev–Trinajstić information content (AvgIpc) is 2.96. The zero-order chi connectivity index (χ0) is 17.8. The summed E-state index contributed by atoms with van der Waals surface area (Å²) in [6.45, 7) is 3.73. The van der Waals surface area contributed by atoms with Gasteiger partial charge in [-0.2, -0.15) is 0 Å². The van der Waals surface area contributed by atoms with Crippen molar-refractivity contribution in [1.82, 2.24) is 14.8 Å². The summed E-state index contributed by atoms with van der Waals surface area (Å²) in [4.78, 5) is 10.8. The molecule has 0 unspecified atom stereocenters. The van der Waals surface area contributed by atoms with Gasteiger partial charge in [0.05, 0.1) is 0 Å². The van der Waals surface area contributed by atoms with Gasteiger partial charge in [0.1, 0.15) is 11.1 Å². The Kier molecular flexibility index (Phi) is 5.14. The predicted octanol–water partition coefficient (Wildman–Crippen LogP) is 3.99. The second-order valence-electron chi connectivity index (χ2n) is 5.73. The molecular formula is C18H18N4O2S. The Labute approximate surface area is 150 Å². The summed E-state index contributed by atoms with van der Waals surface area (Å²) in [6.07, 6.45) is 0. The van der Waals surface area contributed by atoms with Gasteiger partial charge in [0.25, 0.3) is 0 Å². The first-order valence-corrected chi connectivity index (χ1v) is 8.75. The zero-order valence-electron chi connectivity index (χ0n) is 14.0. The van der Waals surface area contributed by atoms with E-state index in [1.165, 1.54) is 17.3 Å². The number of aryl methyl sites for hydroxylation is 2. The van der Waals surface area contributed by atoms with E-state index in [4.69, 9.17) is 0 Å². The van der Waals surface area contributed by atoms with Crippen LogP contribution in [0.4, 0.5) is 0 Å². The van der Waals surface area contributed by atoms with Crippen molar-refractivity contribution in [1.29, 1.82) is 0 Å². The molecule has 128 valence electrons. The van der Waals surface area contributed by atoms with Crippen LogP contribution in [0.15, 0.2) is 59.8 Å². The molecule has 0 aliphatic carbocycles. The van der Waals surface area contributed by atoms with E-state index < -0.39 is 0 Å². The lowest BCUT2D eigenvalue weighted by molar-refractivity contribution is -0.479. The van der Waals surface area contributed by atoms with Crippen LogP contribution in [-0.4, -0.2) is 26.2 Å². The van der Waals surface area contributed by atoms with Crippen molar-refractivity contribution in [2.45, 2.75) is 24.3 Å². The topological polar surface area (TPSA) is 73.8 Å². The van der Waals surface area contributed by atoms with E-state index in [0.717, 1.165) is 17.1 Å². The maximum Gasteiger partial charge on any atom is 0.220 e. The van der Waals surface area contributed by atoms with Crippen LogP contribution in [0.2, 0.25) is 0 Å². The zero-order valence-corrected chi connectivity index (χ0v) is 14.8. The lowest BCUT2D eigenvalue weighted by Crippen LogP contribution is -2.11. The maximum atomic E-state index is 11.1. The van der Waals surface area contributed by atoms with Gasteiger partial charge in [-0.05, 0) is 31.5 Å². The molecule has 0 fully saturated rings. The Morgan fingerprint density at radius 1 is 1.08 bits per heavy atom. The van der Waals surface area contributed by atoms with Crippen LogP contribution in [0.1, 0.15) is 22.2 Å². The molecule has 0 amide bonds. The van der Waals surface area contributed by atoms with Gasteiger partial charge >= 0.3 is 0 Å². The molecule has 3 aromatic rings. The van der Waals surface area contributed by atoms with E-state index in [0.29, 0.717) is 5.16 Å². The van der Waals surface area contributed by atoms with Crippen LogP contribution in [-0.2, 0) is 0 Å². The fraction of sp³-hybridized carbons (Fsp3) is 0.222. The molecule has 0 radical (unpaired) electrons. The van der Waals surface area contributed by atoms with Crippen molar-refractivity contribution in [2.75, 3.05) is 6.54 Å². The first-order valence-electron chi connectivity index (χ1n) is 7.87. The molecule has 1 atom stereocenters. The summed E-state index contributed by atoms with van der Waals surface area (Å²) in [5.41, 5.74) is 3.02. The maximum absolute atomic E-state index is 11.1. The molecule has 3 rings (SSSR count). The van der Waals surface area contributed by atoms with Gasteiger partial charge in [-0.25, -0.2) is 0 Å². The van der Waals surface area contributed by atoms with E-state index in [9.17, 15) is 10.1 Å². The summed E-state index contributed by atoms with van der Waals surface area (Å²) in [7, 11) is 0. The average molecular weight is 354 g/mol. The Bertz CT molecular complexity index is 863. The van der Waals surface area contributed by atoms with Gasteiger partial charge in [-0.15, -0.1) is 10.2 Å². The van der Waals surface area contributed by atoms with E-state index in [2.05, 4.69) is 10.2 Å². The van der Waals surface area contributed by atoms with Crippen LogP contribution in [0, 0.1) is 24.0 Å². The highest BCUT2D eigenvalue weighted by atomic mass is 32.2. The highest BCUT2D eigenvalue weighted by Crippen LogP contribution is 2.35. The molecule has 6 nitrogen and oxygen atoms in total. The molecule has 1 heterocycles. The van der Waals surface area contributed by atoms with Gasteiger partial charge in [0.2, 0.25) is 6.54 Å². The second kappa shape index (κ2) is 7.48. The fourth-order valence-corrected chi connectivity index (χ4v) is 3.73. The van der Waals surface area contributed by atoms with Crippen LogP contribution in [0.5, 0.6) is 0 Å². The highest BCUT2D eigenvalue weighted by Gasteiger charge is 2.23. The molecule has 0 saturated carbocycles. The minimum absolute atomic E-state index is 0.172. The van der Waals surface area contributed by atoms with E-state index in [-0.39, 0.29) is 16.7 Å². The summed E-state index contributed by atoms with van der Waals surface area (Å²) < 4.78 is 1.93. The van der Waals surface area contributed by atoms with E-state index in [1.54, 1.807) is 0 Å². The molecule has 2 aromatic carbocycles. The Hall–Kier alpha value is -2.67. The van der Waals surface area contributed by atoms with Crippen LogP contribution in [0.3, 0.4) is 0 Å². The Morgan fingerprint density at radius 2 is 1.76 bits per heavy atom. The van der Waals surface area contributed by atoms with Crippen LogP contribution in [0.25, 0.3) is 5.69 Å². The molecular weight excluding hydrogens is 336 g/mol. The van der Waals surface area contributed by atoms with Gasteiger partial charge in [0, 0.05) is 10.6 Å². The lowest BCUT2D eigenvalue weighted by Gasteiger charge is -2.14.